The standard InChI is InChI=1S/C7H5BF6NS/c9-7(10,11)5-1-2-6(15-3-5)16-4-8(12,13)14/h1-3H,4H2/q-1. The van der Waals surface area contributed by atoms with Crippen molar-refractivity contribution >= 4 is 18.7 Å². The van der Waals surface area contributed by atoms with Gasteiger partial charge in [0.25, 0.3) is 0 Å². The Hall–Kier alpha value is -0.855. The zero-order valence-electron chi connectivity index (χ0n) is 7.64. The van der Waals surface area contributed by atoms with Crippen molar-refractivity contribution < 1.29 is 26.1 Å². The van der Waals surface area contributed by atoms with E-state index in [-0.39, 0.29) is 5.03 Å². The molecular weight excluding hydrogens is 255 g/mol. The average molecular weight is 260 g/mol. The number of halogens is 6. The molecule has 0 bridgehead atoms. The summed E-state index contributed by atoms with van der Waals surface area (Å²) in [5, 5.41) is -0.0767. The maximum atomic E-state index is 12.1. The molecule has 1 rings (SSSR count). The van der Waals surface area contributed by atoms with E-state index in [0.29, 0.717) is 24.0 Å². The van der Waals surface area contributed by atoms with Crippen molar-refractivity contribution in [2.75, 3.05) is 5.65 Å². The molecule has 0 spiro atoms. The summed E-state index contributed by atoms with van der Waals surface area (Å²) in [5.41, 5.74) is -2.09. The molecule has 0 aliphatic carbocycles. The molecule has 0 aliphatic rings. The molecule has 1 aromatic heterocycles. The summed E-state index contributed by atoms with van der Waals surface area (Å²) in [5.74, 6) is 0. The Bertz CT molecular complexity index is 345. The summed E-state index contributed by atoms with van der Waals surface area (Å²) < 4.78 is 71.7. The van der Waals surface area contributed by atoms with E-state index in [1.165, 1.54) is 0 Å². The Morgan fingerprint density at radius 3 is 2.19 bits per heavy atom. The first-order valence-corrected chi connectivity index (χ1v) is 5.04. The Balaban J connectivity index is 2.66. The van der Waals surface area contributed by atoms with Gasteiger partial charge in [0.1, 0.15) is 0 Å². The molecule has 0 fully saturated rings. The third-order valence-corrected chi connectivity index (χ3v) is 2.57. The van der Waals surface area contributed by atoms with Gasteiger partial charge in [0.2, 0.25) is 0 Å². The maximum absolute atomic E-state index is 12.1. The van der Waals surface area contributed by atoms with Crippen LogP contribution >= 0.6 is 11.8 Å². The molecule has 1 heterocycles. The van der Waals surface area contributed by atoms with Gasteiger partial charge < -0.3 is 12.9 Å². The van der Waals surface area contributed by atoms with Crippen LogP contribution in [0.3, 0.4) is 0 Å². The summed E-state index contributed by atoms with van der Waals surface area (Å²) in [7, 11) is 0. The Labute approximate surface area is 91.3 Å². The monoisotopic (exact) mass is 260 g/mol. The lowest BCUT2D eigenvalue weighted by molar-refractivity contribution is -0.137. The average Bonchev–Trinajstić information content (AvgIpc) is 2.13. The van der Waals surface area contributed by atoms with Gasteiger partial charge in [-0.15, -0.1) is 11.8 Å². The molecule has 90 valence electrons. The zero-order valence-corrected chi connectivity index (χ0v) is 8.46. The number of nitrogens with zero attached hydrogens (tertiary/aromatic N) is 1. The van der Waals surface area contributed by atoms with E-state index in [9.17, 15) is 26.1 Å². The minimum absolute atomic E-state index is 0.0767. The first-order valence-electron chi connectivity index (χ1n) is 4.05. The van der Waals surface area contributed by atoms with E-state index in [0.717, 1.165) is 6.07 Å². The minimum atomic E-state index is -4.96. The second-order valence-corrected chi connectivity index (χ2v) is 3.94. The van der Waals surface area contributed by atoms with E-state index in [2.05, 4.69) is 4.98 Å². The van der Waals surface area contributed by atoms with E-state index >= 15 is 0 Å². The highest BCUT2D eigenvalue weighted by atomic mass is 32.2. The van der Waals surface area contributed by atoms with Crippen molar-refractivity contribution in [3.05, 3.63) is 23.9 Å². The summed E-state index contributed by atoms with van der Waals surface area (Å²) in [6.07, 6.45) is -4.00. The molecule has 0 unspecified atom stereocenters. The Kier molecular flexibility index (Phi) is 3.77. The van der Waals surface area contributed by atoms with E-state index in [4.69, 9.17) is 0 Å². The fourth-order valence-corrected chi connectivity index (χ4v) is 1.46. The number of thioether (sulfide) groups is 1. The van der Waals surface area contributed by atoms with Crippen LogP contribution in [-0.2, 0) is 6.18 Å². The smallest absolute Gasteiger partial charge is 0.448 e. The maximum Gasteiger partial charge on any atom is 0.488 e. The molecule has 16 heavy (non-hydrogen) atoms. The van der Waals surface area contributed by atoms with Crippen LogP contribution in [0, 0.1) is 0 Å². The summed E-state index contributed by atoms with van der Waals surface area (Å²) in [6.45, 7) is -4.96. The Morgan fingerprint density at radius 1 is 1.19 bits per heavy atom. The third kappa shape index (κ3) is 4.34. The van der Waals surface area contributed by atoms with Gasteiger partial charge >= 0.3 is 13.2 Å². The number of rotatable bonds is 3. The molecule has 1 nitrogen and oxygen atoms in total. The highest BCUT2D eigenvalue weighted by molar-refractivity contribution is 8.00. The highest BCUT2D eigenvalue weighted by Crippen LogP contribution is 2.30. The van der Waals surface area contributed by atoms with Crippen molar-refractivity contribution in [2.45, 2.75) is 11.2 Å². The zero-order chi connectivity index (χ0) is 12.4. The van der Waals surface area contributed by atoms with Crippen LogP contribution in [0.4, 0.5) is 26.1 Å². The lowest BCUT2D eigenvalue weighted by Gasteiger charge is -2.12. The molecule has 0 saturated carbocycles. The molecule has 0 saturated heterocycles. The fraction of sp³-hybridized carbons (Fsp3) is 0.286. The summed E-state index contributed by atoms with van der Waals surface area (Å²) >= 11 is 0.371. The van der Waals surface area contributed by atoms with E-state index in [1.807, 2.05) is 0 Å². The molecule has 0 atom stereocenters. The molecule has 0 aliphatic heterocycles. The van der Waals surface area contributed by atoms with Gasteiger partial charge in [0.15, 0.2) is 0 Å². The molecule has 0 radical (unpaired) electrons. The lowest BCUT2D eigenvalue weighted by atomic mass is 9.98. The molecule has 9 heteroatoms. The molecule has 1 aromatic rings. The van der Waals surface area contributed by atoms with Crippen LogP contribution in [-0.4, -0.2) is 17.6 Å². The van der Waals surface area contributed by atoms with Crippen molar-refractivity contribution in [1.82, 2.24) is 4.98 Å². The number of pyridine rings is 1. The number of hydrogen-bond acceptors (Lipinski definition) is 2. The predicted octanol–water partition coefficient (Wildman–Crippen LogP) is 3.58. The van der Waals surface area contributed by atoms with Gasteiger partial charge in [-0.2, -0.15) is 13.2 Å². The van der Waals surface area contributed by atoms with Crippen LogP contribution in [0.15, 0.2) is 23.4 Å². The second kappa shape index (κ2) is 4.56. The quantitative estimate of drug-likeness (QED) is 0.468. The van der Waals surface area contributed by atoms with E-state index in [1.54, 1.807) is 0 Å². The van der Waals surface area contributed by atoms with Crippen molar-refractivity contribution in [3.63, 3.8) is 0 Å². The number of alkyl halides is 3. The fourth-order valence-electron chi connectivity index (χ4n) is 0.813. The van der Waals surface area contributed by atoms with Gasteiger partial charge in [-0.05, 0) is 17.8 Å². The highest BCUT2D eigenvalue weighted by Gasteiger charge is 2.30. The molecule has 0 aromatic carbocycles. The first-order chi connectivity index (χ1) is 7.18. The van der Waals surface area contributed by atoms with Crippen molar-refractivity contribution in [3.8, 4) is 0 Å². The van der Waals surface area contributed by atoms with Crippen molar-refractivity contribution in [2.24, 2.45) is 0 Å². The van der Waals surface area contributed by atoms with Crippen molar-refractivity contribution in [1.29, 1.82) is 0 Å². The van der Waals surface area contributed by atoms with Crippen LogP contribution in [0.5, 0.6) is 0 Å². The third-order valence-electron chi connectivity index (χ3n) is 1.48. The second-order valence-electron chi connectivity index (χ2n) is 2.90. The van der Waals surface area contributed by atoms with Gasteiger partial charge in [0.05, 0.1) is 10.6 Å². The normalized spacial score (nSPS) is 12.9. The van der Waals surface area contributed by atoms with Gasteiger partial charge in [-0.3, -0.25) is 0 Å². The van der Waals surface area contributed by atoms with Crippen LogP contribution < -0.4 is 0 Å². The van der Waals surface area contributed by atoms with Crippen LogP contribution in [0.1, 0.15) is 5.56 Å². The predicted molar refractivity (Wildman–Crippen MR) is 49.0 cm³/mol. The summed E-state index contributed by atoms with van der Waals surface area (Å²) in [6, 6.07) is 1.63. The molecule has 0 N–H and O–H groups in total. The number of hydrogen-bond donors (Lipinski definition) is 0. The topological polar surface area (TPSA) is 12.9 Å². The van der Waals surface area contributed by atoms with Crippen LogP contribution in [0.2, 0.25) is 0 Å². The van der Waals surface area contributed by atoms with Gasteiger partial charge in [0, 0.05) is 6.20 Å². The largest absolute Gasteiger partial charge is 0.488 e. The molecular formula is C7H5BF6NS-. The number of aromatic nitrogens is 1. The Morgan fingerprint density at radius 2 is 1.81 bits per heavy atom. The molecule has 0 amide bonds. The first kappa shape index (κ1) is 13.2. The SMILES string of the molecule is F[B-](F)(F)CSc1ccc(C(F)(F)F)cn1. The van der Waals surface area contributed by atoms with Crippen LogP contribution in [0.25, 0.3) is 0 Å². The van der Waals surface area contributed by atoms with Gasteiger partial charge in [-0.1, -0.05) is 0 Å². The summed E-state index contributed by atoms with van der Waals surface area (Å²) in [4.78, 5) is 3.30. The lowest BCUT2D eigenvalue weighted by Crippen LogP contribution is -2.19. The minimum Gasteiger partial charge on any atom is -0.448 e. The van der Waals surface area contributed by atoms with Gasteiger partial charge in [-0.25, -0.2) is 4.98 Å². The van der Waals surface area contributed by atoms with E-state index < -0.39 is 24.4 Å².